The number of para-hydroxylation sites is 3. The van der Waals surface area contributed by atoms with Crippen LogP contribution in [0.3, 0.4) is 0 Å². The Morgan fingerprint density at radius 3 is 2.87 bits per heavy atom. The summed E-state index contributed by atoms with van der Waals surface area (Å²) in [5.74, 6) is -0.531. The van der Waals surface area contributed by atoms with Crippen molar-refractivity contribution >= 4 is 43.7 Å². The van der Waals surface area contributed by atoms with Crippen LogP contribution in [0, 0.1) is 0 Å². The highest BCUT2D eigenvalue weighted by Crippen LogP contribution is 2.30. The molecule has 4 aromatic rings. The van der Waals surface area contributed by atoms with Gasteiger partial charge in [-0.2, -0.15) is 0 Å². The number of thiazole rings is 1. The van der Waals surface area contributed by atoms with Gasteiger partial charge in [0.15, 0.2) is 10.7 Å². The van der Waals surface area contributed by atoms with Gasteiger partial charge in [0.1, 0.15) is 0 Å². The Kier molecular flexibility index (Phi) is 5.10. The van der Waals surface area contributed by atoms with Crippen LogP contribution < -0.4 is 10.7 Å². The normalized spacial score (nSPS) is 16.5. The molecular weight excluding hydrogens is 402 g/mol. The van der Waals surface area contributed by atoms with Gasteiger partial charge < -0.3 is 9.15 Å². The molecule has 1 atom stereocenters. The molecule has 8 heteroatoms. The van der Waals surface area contributed by atoms with E-state index in [9.17, 15) is 9.59 Å². The molecule has 5 rings (SSSR count). The Morgan fingerprint density at radius 1 is 1.20 bits per heavy atom. The quantitative estimate of drug-likeness (QED) is 0.471. The molecule has 30 heavy (non-hydrogen) atoms. The van der Waals surface area contributed by atoms with E-state index in [-0.39, 0.29) is 25.0 Å². The zero-order valence-corrected chi connectivity index (χ0v) is 17.1. The fraction of sp³-hybridized carbons (Fsp3) is 0.318. The number of carbonyl (C=O) groups is 1. The minimum atomic E-state index is -0.449. The molecule has 0 radical (unpaired) electrons. The topological polar surface area (TPSA) is 77.6 Å². The Hall–Kier alpha value is -2.97. The van der Waals surface area contributed by atoms with Gasteiger partial charge >= 0.3 is 5.76 Å². The Balaban J connectivity index is 1.40. The molecule has 0 spiro atoms. The fourth-order valence-electron chi connectivity index (χ4n) is 3.82. The second-order valence-corrected chi connectivity index (χ2v) is 8.35. The number of benzene rings is 2. The van der Waals surface area contributed by atoms with Crippen LogP contribution in [0.1, 0.15) is 19.3 Å². The van der Waals surface area contributed by atoms with Crippen molar-refractivity contribution in [1.29, 1.82) is 0 Å². The van der Waals surface area contributed by atoms with Crippen LogP contribution in [-0.4, -0.2) is 34.7 Å². The lowest BCUT2D eigenvalue weighted by atomic mass is 10.2. The first kappa shape index (κ1) is 19.0. The number of aromatic nitrogens is 2. The number of anilines is 1. The molecule has 0 aliphatic carbocycles. The second-order valence-electron chi connectivity index (χ2n) is 7.34. The maximum atomic E-state index is 13.2. The van der Waals surface area contributed by atoms with Crippen LogP contribution in [0.4, 0.5) is 5.13 Å². The van der Waals surface area contributed by atoms with Gasteiger partial charge in [-0.3, -0.25) is 14.3 Å². The highest BCUT2D eigenvalue weighted by Gasteiger charge is 2.26. The van der Waals surface area contributed by atoms with Crippen molar-refractivity contribution in [3.05, 3.63) is 59.1 Å². The van der Waals surface area contributed by atoms with Crippen molar-refractivity contribution < 1.29 is 13.9 Å². The Morgan fingerprint density at radius 2 is 2.03 bits per heavy atom. The number of oxazole rings is 1. The third kappa shape index (κ3) is 3.64. The number of ether oxygens (including phenoxy) is 1. The van der Waals surface area contributed by atoms with Crippen molar-refractivity contribution in [3.63, 3.8) is 0 Å². The summed E-state index contributed by atoms with van der Waals surface area (Å²) in [5.41, 5.74) is 2.10. The van der Waals surface area contributed by atoms with E-state index in [0.717, 1.165) is 29.7 Å². The molecule has 1 amide bonds. The van der Waals surface area contributed by atoms with Gasteiger partial charge in [-0.25, -0.2) is 9.78 Å². The predicted octanol–water partition coefficient (Wildman–Crippen LogP) is 3.81. The molecule has 7 nitrogen and oxygen atoms in total. The molecule has 1 aliphatic heterocycles. The summed E-state index contributed by atoms with van der Waals surface area (Å²) in [7, 11) is 0. The minimum Gasteiger partial charge on any atom is -0.408 e. The van der Waals surface area contributed by atoms with Crippen molar-refractivity contribution in [3.8, 4) is 0 Å². The van der Waals surface area contributed by atoms with E-state index in [1.165, 1.54) is 15.9 Å². The van der Waals surface area contributed by atoms with E-state index >= 15 is 0 Å². The van der Waals surface area contributed by atoms with Gasteiger partial charge in [-0.15, -0.1) is 0 Å². The Bertz CT molecular complexity index is 1220. The minimum absolute atomic E-state index is 0.0124. The van der Waals surface area contributed by atoms with Crippen molar-refractivity contribution in [2.45, 2.75) is 31.9 Å². The monoisotopic (exact) mass is 423 g/mol. The fourth-order valence-corrected chi connectivity index (χ4v) is 4.81. The average Bonchev–Trinajstić information content (AvgIpc) is 3.48. The lowest BCUT2D eigenvalue weighted by molar-refractivity contribution is -0.119. The van der Waals surface area contributed by atoms with E-state index in [4.69, 9.17) is 9.15 Å². The van der Waals surface area contributed by atoms with Crippen molar-refractivity contribution in [2.75, 3.05) is 18.1 Å². The van der Waals surface area contributed by atoms with Crippen LogP contribution in [0.15, 0.2) is 57.7 Å². The van der Waals surface area contributed by atoms with Crippen LogP contribution in [0.5, 0.6) is 0 Å². The van der Waals surface area contributed by atoms with Crippen molar-refractivity contribution in [1.82, 2.24) is 9.55 Å². The van der Waals surface area contributed by atoms with Crippen molar-refractivity contribution in [2.24, 2.45) is 0 Å². The number of amides is 1. The number of carbonyl (C=O) groups excluding carboxylic acids is 1. The first-order valence-electron chi connectivity index (χ1n) is 10.0. The third-order valence-electron chi connectivity index (χ3n) is 5.35. The van der Waals surface area contributed by atoms with Gasteiger partial charge in [0.05, 0.1) is 28.4 Å². The predicted molar refractivity (Wildman–Crippen MR) is 116 cm³/mol. The molecule has 1 saturated heterocycles. The third-order valence-corrected chi connectivity index (χ3v) is 6.41. The summed E-state index contributed by atoms with van der Waals surface area (Å²) in [6, 6.07) is 15.1. The molecule has 1 aliphatic rings. The van der Waals surface area contributed by atoms with Crippen LogP contribution in [0.25, 0.3) is 21.3 Å². The summed E-state index contributed by atoms with van der Waals surface area (Å²) < 4.78 is 13.6. The zero-order chi connectivity index (χ0) is 20.5. The summed E-state index contributed by atoms with van der Waals surface area (Å²) >= 11 is 1.50. The average molecular weight is 423 g/mol. The smallest absolute Gasteiger partial charge is 0.408 e. The number of fused-ring (bicyclic) bond motifs is 2. The van der Waals surface area contributed by atoms with E-state index in [2.05, 4.69) is 4.98 Å². The molecule has 0 saturated carbocycles. The molecule has 0 N–H and O–H groups in total. The Labute approximate surface area is 176 Å². The van der Waals surface area contributed by atoms with Crippen LogP contribution >= 0.6 is 11.3 Å². The molecule has 2 aromatic carbocycles. The zero-order valence-electron chi connectivity index (χ0n) is 16.3. The number of nitrogens with zero attached hydrogens (tertiary/aromatic N) is 3. The van der Waals surface area contributed by atoms with Crippen LogP contribution in [-0.2, 0) is 16.1 Å². The lowest BCUT2D eigenvalue weighted by Gasteiger charge is -2.23. The first-order chi connectivity index (χ1) is 14.7. The second kappa shape index (κ2) is 8.04. The van der Waals surface area contributed by atoms with E-state index in [1.54, 1.807) is 11.0 Å². The van der Waals surface area contributed by atoms with E-state index < -0.39 is 5.76 Å². The molecular formula is C22H21N3O4S. The standard InChI is InChI=1S/C22H21N3O4S/c26-20(11-12-24-17-8-2-3-9-18(17)29-22(24)27)25(14-15-6-5-13-28-15)21-23-16-7-1-4-10-19(16)30-21/h1-4,7-10,15H,5-6,11-14H2/t15-/m1/s1. The molecule has 154 valence electrons. The maximum Gasteiger partial charge on any atom is 0.419 e. The highest BCUT2D eigenvalue weighted by molar-refractivity contribution is 7.22. The van der Waals surface area contributed by atoms with Crippen LogP contribution in [0.2, 0.25) is 0 Å². The SMILES string of the molecule is O=C(CCn1c(=O)oc2ccccc21)N(C[C@H]1CCCO1)c1nc2ccccc2s1. The summed E-state index contributed by atoms with van der Waals surface area (Å²) in [6.07, 6.45) is 2.12. The van der Waals surface area contributed by atoms with E-state index in [1.807, 2.05) is 42.5 Å². The maximum absolute atomic E-state index is 13.2. The largest absolute Gasteiger partial charge is 0.419 e. The first-order valence-corrected chi connectivity index (χ1v) is 10.9. The highest BCUT2D eigenvalue weighted by atomic mass is 32.1. The number of aryl methyl sites for hydroxylation is 1. The number of hydrogen-bond donors (Lipinski definition) is 0. The molecule has 2 aromatic heterocycles. The number of hydrogen-bond acceptors (Lipinski definition) is 6. The summed E-state index contributed by atoms with van der Waals surface area (Å²) in [4.78, 5) is 31.9. The number of rotatable bonds is 6. The van der Waals surface area contributed by atoms with Gasteiger partial charge in [0.2, 0.25) is 5.91 Å². The molecule has 3 heterocycles. The molecule has 0 bridgehead atoms. The molecule has 0 unspecified atom stereocenters. The summed E-state index contributed by atoms with van der Waals surface area (Å²) in [6.45, 7) is 1.45. The lowest BCUT2D eigenvalue weighted by Crippen LogP contribution is -2.38. The summed E-state index contributed by atoms with van der Waals surface area (Å²) in [5, 5.41) is 0.668. The van der Waals surface area contributed by atoms with E-state index in [0.29, 0.717) is 22.8 Å². The van der Waals surface area contributed by atoms with Gasteiger partial charge in [-0.1, -0.05) is 35.6 Å². The molecule has 1 fully saturated rings. The van der Waals surface area contributed by atoms with Gasteiger partial charge in [0, 0.05) is 19.6 Å². The van der Waals surface area contributed by atoms with Gasteiger partial charge in [0.25, 0.3) is 0 Å². The van der Waals surface area contributed by atoms with Gasteiger partial charge in [-0.05, 0) is 37.1 Å².